The monoisotopic (exact) mass is 270 g/mol. The van der Waals surface area contributed by atoms with Crippen LogP contribution in [0.2, 0.25) is 0 Å². The highest BCUT2D eigenvalue weighted by molar-refractivity contribution is 5.82. The maximum atomic E-state index is 12.2. The third kappa shape index (κ3) is 3.09. The summed E-state index contributed by atoms with van der Waals surface area (Å²) in [5, 5.41) is 3.25. The molecule has 1 heterocycles. The molecule has 1 saturated carbocycles. The van der Waals surface area contributed by atoms with Crippen LogP contribution in [-0.2, 0) is 14.3 Å². The molecule has 0 aromatic rings. The van der Waals surface area contributed by atoms with Gasteiger partial charge in [-0.1, -0.05) is 0 Å². The lowest BCUT2D eigenvalue weighted by molar-refractivity contribution is -0.150. The highest BCUT2D eigenvalue weighted by Crippen LogP contribution is 2.41. The average molecular weight is 270 g/mol. The molecule has 5 heteroatoms. The molecule has 0 aromatic heterocycles. The second kappa shape index (κ2) is 6.20. The van der Waals surface area contributed by atoms with Crippen molar-refractivity contribution < 1.29 is 14.3 Å². The lowest BCUT2D eigenvalue weighted by atomic mass is 9.91. The number of rotatable bonds is 6. The molecule has 2 aliphatic rings. The van der Waals surface area contributed by atoms with Crippen molar-refractivity contribution in [1.29, 1.82) is 0 Å². The fourth-order valence-electron chi connectivity index (χ4n) is 3.15. The molecule has 19 heavy (non-hydrogen) atoms. The number of nitrogens with one attached hydrogen (secondary N) is 1. The van der Waals surface area contributed by atoms with Crippen LogP contribution in [0.4, 0.5) is 0 Å². The van der Waals surface area contributed by atoms with E-state index >= 15 is 0 Å². The molecule has 1 unspecified atom stereocenters. The Hall–Kier alpha value is -0.650. The van der Waals surface area contributed by atoms with E-state index in [0.29, 0.717) is 18.5 Å². The Kier molecular flexibility index (Phi) is 4.81. The molecular formula is C14H26N2O3. The molecule has 1 N–H and O–H groups in total. The maximum Gasteiger partial charge on any atom is 0.327 e. The summed E-state index contributed by atoms with van der Waals surface area (Å²) >= 11 is 0. The SMILES string of the molecule is CNC(CN(C)C1CCOCC1)(C(=O)OC)C1CC1. The molecule has 1 aliphatic heterocycles. The number of hydrogen-bond acceptors (Lipinski definition) is 5. The van der Waals surface area contributed by atoms with Crippen LogP contribution in [0.15, 0.2) is 0 Å². The topological polar surface area (TPSA) is 50.8 Å². The predicted molar refractivity (Wildman–Crippen MR) is 73.0 cm³/mol. The molecule has 0 aromatic carbocycles. The molecular weight excluding hydrogens is 244 g/mol. The van der Waals surface area contributed by atoms with E-state index in [4.69, 9.17) is 9.47 Å². The van der Waals surface area contributed by atoms with E-state index in [9.17, 15) is 4.79 Å². The zero-order valence-electron chi connectivity index (χ0n) is 12.3. The quantitative estimate of drug-likeness (QED) is 0.718. The van der Waals surface area contributed by atoms with E-state index in [0.717, 1.165) is 38.9 Å². The van der Waals surface area contributed by atoms with Gasteiger partial charge in [0.2, 0.25) is 0 Å². The van der Waals surface area contributed by atoms with Crippen molar-refractivity contribution in [3.8, 4) is 0 Å². The average Bonchev–Trinajstić information content (AvgIpc) is 3.29. The highest BCUT2D eigenvalue weighted by Gasteiger charge is 2.51. The van der Waals surface area contributed by atoms with Crippen molar-refractivity contribution in [2.75, 3.05) is 41.0 Å². The first-order chi connectivity index (χ1) is 9.14. The third-order valence-electron chi connectivity index (χ3n) is 4.58. The van der Waals surface area contributed by atoms with Crippen LogP contribution in [0.1, 0.15) is 25.7 Å². The minimum Gasteiger partial charge on any atom is -0.468 e. The van der Waals surface area contributed by atoms with Crippen LogP contribution in [0.25, 0.3) is 0 Å². The van der Waals surface area contributed by atoms with Gasteiger partial charge in [0.25, 0.3) is 0 Å². The van der Waals surface area contributed by atoms with Gasteiger partial charge in [-0.2, -0.15) is 0 Å². The second-order valence-electron chi connectivity index (χ2n) is 5.75. The molecule has 0 amide bonds. The van der Waals surface area contributed by atoms with Gasteiger partial charge in [0.1, 0.15) is 5.54 Å². The van der Waals surface area contributed by atoms with Crippen molar-refractivity contribution >= 4 is 5.97 Å². The van der Waals surface area contributed by atoms with Crippen LogP contribution in [0, 0.1) is 5.92 Å². The molecule has 0 spiro atoms. The molecule has 110 valence electrons. The Morgan fingerprint density at radius 3 is 2.47 bits per heavy atom. The summed E-state index contributed by atoms with van der Waals surface area (Å²) in [6.07, 6.45) is 4.30. The number of likely N-dealkylation sites (N-methyl/N-ethyl adjacent to an activating group) is 2. The van der Waals surface area contributed by atoms with Gasteiger partial charge in [-0.3, -0.25) is 0 Å². The Morgan fingerprint density at radius 1 is 1.37 bits per heavy atom. The summed E-state index contributed by atoms with van der Waals surface area (Å²) in [6.45, 7) is 2.36. The van der Waals surface area contributed by atoms with E-state index in [1.54, 1.807) is 0 Å². The summed E-state index contributed by atoms with van der Waals surface area (Å²) in [6, 6.07) is 0.505. The van der Waals surface area contributed by atoms with E-state index in [1.165, 1.54) is 7.11 Å². The smallest absolute Gasteiger partial charge is 0.327 e. The molecule has 1 aliphatic carbocycles. The normalized spacial score (nSPS) is 24.2. The maximum absolute atomic E-state index is 12.2. The number of nitrogens with zero attached hydrogens (tertiary/aromatic N) is 1. The van der Waals surface area contributed by atoms with Crippen LogP contribution in [-0.4, -0.2) is 63.4 Å². The van der Waals surface area contributed by atoms with Crippen LogP contribution in [0.3, 0.4) is 0 Å². The lowest BCUT2D eigenvalue weighted by Gasteiger charge is -2.39. The van der Waals surface area contributed by atoms with Crippen LogP contribution < -0.4 is 5.32 Å². The third-order valence-corrected chi connectivity index (χ3v) is 4.58. The summed E-state index contributed by atoms with van der Waals surface area (Å²) < 4.78 is 10.4. The molecule has 0 radical (unpaired) electrons. The van der Waals surface area contributed by atoms with Crippen molar-refractivity contribution in [1.82, 2.24) is 10.2 Å². The van der Waals surface area contributed by atoms with Gasteiger partial charge in [-0.25, -0.2) is 4.79 Å². The molecule has 0 bridgehead atoms. The second-order valence-corrected chi connectivity index (χ2v) is 5.75. The predicted octanol–water partition coefficient (Wildman–Crippen LogP) is 0.638. The lowest BCUT2D eigenvalue weighted by Crippen LogP contribution is -2.61. The number of hydrogen-bond donors (Lipinski definition) is 1. The van der Waals surface area contributed by atoms with Gasteiger partial charge in [-0.15, -0.1) is 0 Å². The minimum absolute atomic E-state index is 0.128. The number of ether oxygens (including phenoxy) is 2. The number of methoxy groups -OCH3 is 1. The van der Waals surface area contributed by atoms with E-state index < -0.39 is 5.54 Å². The summed E-state index contributed by atoms with van der Waals surface area (Å²) in [4.78, 5) is 14.5. The Morgan fingerprint density at radius 2 is 2.00 bits per heavy atom. The molecule has 1 atom stereocenters. The minimum atomic E-state index is -0.540. The van der Waals surface area contributed by atoms with E-state index in [2.05, 4.69) is 17.3 Å². The first-order valence-corrected chi connectivity index (χ1v) is 7.19. The van der Waals surface area contributed by atoms with Crippen LogP contribution >= 0.6 is 0 Å². The zero-order chi connectivity index (χ0) is 13.9. The molecule has 2 fully saturated rings. The number of carbonyl (C=O) groups is 1. The van der Waals surface area contributed by atoms with Gasteiger partial charge >= 0.3 is 5.97 Å². The fraction of sp³-hybridized carbons (Fsp3) is 0.929. The van der Waals surface area contributed by atoms with Gasteiger partial charge in [0.05, 0.1) is 7.11 Å². The number of esters is 1. The summed E-state index contributed by atoms with van der Waals surface area (Å²) in [5.74, 6) is 0.281. The van der Waals surface area contributed by atoms with Gasteiger partial charge < -0.3 is 19.7 Å². The van der Waals surface area contributed by atoms with Gasteiger partial charge in [0.15, 0.2) is 0 Å². The van der Waals surface area contributed by atoms with Crippen molar-refractivity contribution in [3.05, 3.63) is 0 Å². The van der Waals surface area contributed by atoms with Gasteiger partial charge in [0, 0.05) is 25.8 Å². The fourth-order valence-corrected chi connectivity index (χ4v) is 3.15. The molecule has 2 rings (SSSR count). The molecule has 5 nitrogen and oxygen atoms in total. The standard InChI is InChI=1S/C14H26N2O3/c1-15-14(11-4-5-11,13(17)18-3)10-16(2)12-6-8-19-9-7-12/h11-12,15H,4-10H2,1-3H3. The first kappa shape index (κ1) is 14.8. The zero-order valence-corrected chi connectivity index (χ0v) is 12.3. The van der Waals surface area contributed by atoms with Crippen LogP contribution in [0.5, 0.6) is 0 Å². The van der Waals surface area contributed by atoms with Gasteiger partial charge in [-0.05, 0) is 45.7 Å². The molecule has 1 saturated heterocycles. The van der Waals surface area contributed by atoms with Crippen molar-refractivity contribution in [3.63, 3.8) is 0 Å². The Balaban J connectivity index is 2.04. The Labute approximate surface area is 115 Å². The van der Waals surface area contributed by atoms with Crippen molar-refractivity contribution in [2.24, 2.45) is 5.92 Å². The van der Waals surface area contributed by atoms with E-state index in [1.807, 2.05) is 7.05 Å². The first-order valence-electron chi connectivity index (χ1n) is 7.19. The summed E-state index contributed by atoms with van der Waals surface area (Å²) in [7, 11) is 5.45. The summed E-state index contributed by atoms with van der Waals surface area (Å²) in [5.41, 5.74) is -0.540. The highest BCUT2D eigenvalue weighted by atomic mass is 16.5. The largest absolute Gasteiger partial charge is 0.468 e. The Bertz CT molecular complexity index is 314. The number of carbonyl (C=O) groups excluding carboxylic acids is 1. The van der Waals surface area contributed by atoms with Crippen molar-refractivity contribution in [2.45, 2.75) is 37.3 Å². The van der Waals surface area contributed by atoms with E-state index in [-0.39, 0.29) is 5.97 Å².